The van der Waals surface area contributed by atoms with Crippen LogP contribution in [0, 0.1) is 17.6 Å². The fourth-order valence-electron chi connectivity index (χ4n) is 2.10. The maximum atomic E-state index is 13.7. The lowest BCUT2D eigenvalue weighted by atomic mass is 10.0. The van der Waals surface area contributed by atoms with E-state index >= 15 is 0 Å². The first kappa shape index (κ1) is 16.6. The zero-order valence-electron chi connectivity index (χ0n) is 12.4. The highest BCUT2D eigenvalue weighted by molar-refractivity contribution is 5.81. The van der Waals surface area contributed by atoms with Crippen molar-refractivity contribution in [1.82, 2.24) is 4.90 Å². The van der Waals surface area contributed by atoms with Gasteiger partial charge in [-0.3, -0.25) is 4.79 Å². The molecule has 0 aliphatic carbocycles. The molecule has 2 unspecified atom stereocenters. The van der Waals surface area contributed by atoms with Gasteiger partial charge in [0.25, 0.3) is 0 Å². The molecule has 0 heterocycles. The van der Waals surface area contributed by atoms with Gasteiger partial charge in [-0.1, -0.05) is 13.8 Å². The van der Waals surface area contributed by atoms with Gasteiger partial charge >= 0.3 is 0 Å². The molecule has 0 saturated carbocycles. The SMILES string of the molecule is CC(C)CC(N)C(=O)N(C)C(C)c1cc(F)ccc1F. The lowest BCUT2D eigenvalue weighted by Crippen LogP contribution is -2.43. The van der Waals surface area contributed by atoms with Crippen molar-refractivity contribution in [3.63, 3.8) is 0 Å². The quantitative estimate of drug-likeness (QED) is 0.903. The highest BCUT2D eigenvalue weighted by Gasteiger charge is 2.25. The normalized spacial score (nSPS) is 14.2. The summed E-state index contributed by atoms with van der Waals surface area (Å²) in [5.41, 5.74) is 5.99. The van der Waals surface area contributed by atoms with Crippen LogP contribution in [0.4, 0.5) is 8.78 Å². The molecule has 0 saturated heterocycles. The minimum atomic E-state index is -0.626. The molecule has 1 rings (SSSR count). The van der Waals surface area contributed by atoms with Crippen LogP contribution in [-0.2, 0) is 4.79 Å². The predicted molar refractivity (Wildman–Crippen MR) is 75.0 cm³/mol. The standard InChI is InChI=1S/C15H22F2N2O/c1-9(2)7-14(18)15(20)19(4)10(3)12-8-11(16)5-6-13(12)17/h5-6,8-10,14H,7,18H2,1-4H3. The molecular weight excluding hydrogens is 262 g/mol. The van der Waals surface area contributed by atoms with Crippen LogP contribution < -0.4 is 5.73 Å². The van der Waals surface area contributed by atoms with E-state index in [9.17, 15) is 13.6 Å². The third-order valence-corrected chi connectivity index (χ3v) is 3.38. The Balaban J connectivity index is 2.88. The molecule has 0 spiro atoms. The smallest absolute Gasteiger partial charge is 0.239 e. The molecular formula is C15H22F2N2O. The number of nitrogens with two attached hydrogens (primary N) is 1. The third kappa shape index (κ3) is 4.00. The number of likely N-dealkylation sites (N-methyl/N-ethyl adjacent to an activating group) is 1. The molecule has 1 aromatic carbocycles. The van der Waals surface area contributed by atoms with Crippen molar-refractivity contribution in [2.45, 2.75) is 39.3 Å². The van der Waals surface area contributed by atoms with Crippen LogP contribution in [0.2, 0.25) is 0 Å². The Labute approximate surface area is 118 Å². The Morgan fingerprint density at radius 1 is 1.30 bits per heavy atom. The summed E-state index contributed by atoms with van der Waals surface area (Å²) in [6.07, 6.45) is 0.557. The van der Waals surface area contributed by atoms with E-state index in [1.165, 1.54) is 4.90 Å². The third-order valence-electron chi connectivity index (χ3n) is 3.38. The van der Waals surface area contributed by atoms with Gasteiger partial charge in [0.15, 0.2) is 0 Å². The summed E-state index contributed by atoms with van der Waals surface area (Å²) in [6, 6.07) is 2.03. The molecule has 0 aromatic heterocycles. The number of halogens is 2. The fourth-order valence-corrected chi connectivity index (χ4v) is 2.10. The number of nitrogens with zero attached hydrogens (tertiary/aromatic N) is 1. The van der Waals surface area contributed by atoms with Gasteiger partial charge in [0.05, 0.1) is 12.1 Å². The van der Waals surface area contributed by atoms with Gasteiger partial charge in [-0.15, -0.1) is 0 Å². The summed E-state index contributed by atoms with van der Waals surface area (Å²) in [4.78, 5) is 13.5. The monoisotopic (exact) mass is 284 g/mol. The summed E-state index contributed by atoms with van der Waals surface area (Å²) < 4.78 is 26.9. The van der Waals surface area contributed by atoms with E-state index < -0.39 is 23.7 Å². The van der Waals surface area contributed by atoms with Gasteiger partial charge in [0.1, 0.15) is 11.6 Å². The van der Waals surface area contributed by atoms with Crippen LogP contribution in [0.3, 0.4) is 0 Å². The minimum absolute atomic E-state index is 0.151. The van der Waals surface area contributed by atoms with E-state index in [4.69, 9.17) is 5.73 Å². The Hall–Kier alpha value is -1.49. The summed E-state index contributed by atoms with van der Waals surface area (Å²) in [5.74, 6) is -1.03. The number of hydrogen-bond donors (Lipinski definition) is 1. The van der Waals surface area contributed by atoms with E-state index in [1.807, 2.05) is 13.8 Å². The largest absolute Gasteiger partial charge is 0.338 e. The first-order valence-corrected chi connectivity index (χ1v) is 6.71. The van der Waals surface area contributed by atoms with Crippen LogP contribution in [0.5, 0.6) is 0 Å². The number of carbonyl (C=O) groups excluding carboxylic acids is 1. The second-order valence-corrected chi connectivity index (χ2v) is 5.53. The molecule has 0 fully saturated rings. The molecule has 0 aliphatic rings. The molecule has 5 heteroatoms. The lowest BCUT2D eigenvalue weighted by molar-refractivity contribution is -0.133. The highest BCUT2D eigenvalue weighted by Crippen LogP contribution is 2.23. The molecule has 2 N–H and O–H groups in total. The molecule has 0 radical (unpaired) electrons. The topological polar surface area (TPSA) is 46.3 Å². The van der Waals surface area contributed by atoms with Crippen LogP contribution >= 0.6 is 0 Å². The van der Waals surface area contributed by atoms with Gasteiger partial charge in [-0.05, 0) is 37.5 Å². The van der Waals surface area contributed by atoms with Gasteiger partial charge in [0.2, 0.25) is 5.91 Å². The Morgan fingerprint density at radius 2 is 1.90 bits per heavy atom. The van der Waals surface area contributed by atoms with Crippen molar-refractivity contribution in [3.8, 4) is 0 Å². The maximum Gasteiger partial charge on any atom is 0.239 e. The first-order chi connectivity index (χ1) is 9.23. The van der Waals surface area contributed by atoms with Crippen molar-refractivity contribution in [2.75, 3.05) is 7.05 Å². The molecule has 3 nitrogen and oxygen atoms in total. The van der Waals surface area contributed by atoms with E-state index in [1.54, 1.807) is 14.0 Å². The average Bonchev–Trinajstić information content (AvgIpc) is 2.38. The fraction of sp³-hybridized carbons (Fsp3) is 0.533. The van der Waals surface area contributed by atoms with E-state index in [-0.39, 0.29) is 11.5 Å². The zero-order chi connectivity index (χ0) is 15.4. The average molecular weight is 284 g/mol. The Morgan fingerprint density at radius 3 is 2.45 bits per heavy atom. The molecule has 0 bridgehead atoms. The summed E-state index contributed by atoms with van der Waals surface area (Å²) in [5, 5.41) is 0. The van der Waals surface area contributed by atoms with Gasteiger partial charge in [-0.2, -0.15) is 0 Å². The van der Waals surface area contributed by atoms with Crippen molar-refractivity contribution >= 4 is 5.91 Å². The summed E-state index contributed by atoms with van der Waals surface area (Å²) >= 11 is 0. The van der Waals surface area contributed by atoms with Crippen LogP contribution in [0.1, 0.15) is 38.8 Å². The minimum Gasteiger partial charge on any atom is -0.338 e. The van der Waals surface area contributed by atoms with Crippen molar-refractivity contribution in [3.05, 3.63) is 35.4 Å². The maximum absolute atomic E-state index is 13.7. The lowest BCUT2D eigenvalue weighted by Gasteiger charge is -2.28. The number of rotatable bonds is 5. The van der Waals surface area contributed by atoms with Crippen LogP contribution in [-0.4, -0.2) is 23.9 Å². The van der Waals surface area contributed by atoms with E-state index in [0.717, 1.165) is 18.2 Å². The Bertz CT molecular complexity index is 477. The molecule has 112 valence electrons. The first-order valence-electron chi connectivity index (χ1n) is 6.71. The molecule has 2 atom stereocenters. The number of carbonyl (C=O) groups is 1. The van der Waals surface area contributed by atoms with Crippen molar-refractivity contribution < 1.29 is 13.6 Å². The zero-order valence-corrected chi connectivity index (χ0v) is 12.4. The molecule has 1 amide bonds. The van der Waals surface area contributed by atoms with Crippen LogP contribution in [0.25, 0.3) is 0 Å². The number of amides is 1. The van der Waals surface area contributed by atoms with Gasteiger partial charge in [-0.25, -0.2) is 8.78 Å². The van der Waals surface area contributed by atoms with Gasteiger partial charge < -0.3 is 10.6 Å². The van der Waals surface area contributed by atoms with Crippen molar-refractivity contribution in [2.24, 2.45) is 11.7 Å². The van der Waals surface area contributed by atoms with Gasteiger partial charge in [0, 0.05) is 12.6 Å². The second-order valence-electron chi connectivity index (χ2n) is 5.53. The van der Waals surface area contributed by atoms with Crippen molar-refractivity contribution in [1.29, 1.82) is 0 Å². The van der Waals surface area contributed by atoms with E-state index in [2.05, 4.69) is 0 Å². The number of benzene rings is 1. The summed E-state index contributed by atoms with van der Waals surface area (Å²) in [7, 11) is 1.55. The molecule has 0 aliphatic heterocycles. The van der Waals surface area contributed by atoms with Crippen LogP contribution in [0.15, 0.2) is 18.2 Å². The highest BCUT2D eigenvalue weighted by atomic mass is 19.1. The molecule has 1 aromatic rings. The predicted octanol–water partition coefficient (Wildman–Crippen LogP) is 2.86. The second kappa shape index (κ2) is 6.79. The summed E-state index contributed by atoms with van der Waals surface area (Å²) in [6.45, 7) is 5.60. The Kier molecular flexibility index (Phi) is 5.62. The molecule has 20 heavy (non-hydrogen) atoms. The van der Waals surface area contributed by atoms with E-state index in [0.29, 0.717) is 12.3 Å². The number of hydrogen-bond acceptors (Lipinski definition) is 2.